The van der Waals surface area contributed by atoms with Crippen LogP contribution in [0.1, 0.15) is 12.5 Å². The van der Waals surface area contributed by atoms with Gasteiger partial charge in [-0.1, -0.05) is 6.07 Å². The molecule has 3 N–H and O–H groups in total. The Morgan fingerprint density at radius 2 is 2.47 bits per heavy atom. The third-order valence-electron chi connectivity index (χ3n) is 1.91. The van der Waals surface area contributed by atoms with Crippen LogP contribution in [0.25, 0.3) is 0 Å². The van der Waals surface area contributed by atoms with Crippen LogP contribution in [0.3, 0.4) is 0 Å². The quantitative estimate of drug-likeness (QED) is 0.734. The summed E-state index contributed by atoms with van der Waals surface area (Å²) in [7, 11) is 1.54. The summed E-state index contributed by atoms with van der Waals surface area (Å²) in [4.78, 5) is 15.2. The number of hydrogen-bond acceptors (Lipinski definition) is 4. The number of methoxy groups -OCH3 is 1. The highest BCUT2D eigenvalue weighted by atomic mass is 16.5. The zero-order valence-corrected chi connectivity index (χ0v) is 8.86. The van der Waals surface area contributed by atoms with Gasteiger partial charge in [0, 0.05) is 18.3 Å². The number of amides is 1. The molecule has 1 rings (SSSR count). The number of pyridine rings is 1. The van der Waals surface area contributed by atoms with Gasteiger partial charge in [0.25, 0.3) is 0 Å². The lowest BCUT2D eigenvalue weighted by Gasteiger charge is -2.09. The van der Waals surface area contributed by atoms with E-state index in [0.717, 1.165) is 5.56 Å². The molecule has 0 saturated carbocycles. The summed E-state index contributed by atoms with van der Waals surface area (Å²) in [5.41, 5.74) is 6.24. The number of hydrogen-bond donors (Lipinski definition) is 2. The Morgan fingerprint density at radius 1 is 1.73 bits per heavy atom. The largest absolute Gasteiger partial charge is 0.481 e. The van der Waals surface area contributed by atoms with Crippen LogP contribution in [0, 0.1) is 0 Å². The number of aromatic nitrogens is 1. The molecule has 0 saturated heterocycles. The molecule has 5 heteroatoms. The summed E-state index contributed by atoms with van der Waals surface area (Å²) in [6, 6.07) is 3.12. The van der Waals surface area contributed by atoms with E-state index in [1.165, 1.54) is 0 Å². The van der Waals surface area contributed by atoms with Crippen molar-refractivity contribution in [1.29, 1.82) is 0 Å². The van der Waals surface area contributed by atoms with Crippen LogP contribution in [-0.2, 0) is 11.3 Å². The first-order valence-corrected chi connectivity index (χ1v) is 4.66. The Labute approximate surface area is 88.6 Å². The van der Waals surface area contributed by atoms with Crippen molar-refractivity contribution in [2.45, 2.75) is 19.5 Å². The van der Waals surface area contributed by atoms with Gasteiger partial charge in [0.15, 0.2) is 0 Å². The maximum absolute atomic E-state index is 11.2. The van der Waals surface area contributed by atoms with E-state index in [1.54, 1.807) is 26.3 Å². The summed E-state index contributed by atoms with van der Waals surface area (Å²) >= 11 is 0. The molecule has 1 heterocycles. The van der Waals surface area contributed by atoms with E-state index in [1.807, 2.05) is 6.07 Å². The van der Waals surface area contributed by atoms with E-state index >= 15 is 0 Å². The molecule has 0 radical (unpaired) electrons. The van der Waals surface area contributed by atoms with Gasteiger partial charge in [0.05, 0.1) is 13.2 Å². The summed E-state index contributed by atoms with van der Waals surface area (Å²) < 4.78 is 5.04. The van der Waals surface area contributed by atoms with Crippen molar-refractivity contribution in [3.8, 4) is 5.88 Å². The first kappa shape index (κ1) is 11.5. The fourth-order valence-electron chi connectivity index (χ4n) is 1.09. The summed E-state index contributed by atoms with van der Waals surface area (Å²) in [6.07, 6.45) is 1.63. The van der Waals surface area contributed by atoms with Crippen molar-refractivity contribution in [3.63, 3.8) is 0 Å². The Balaban J connectivity index is 2.61. The molecule has 5 nitrogen and oxygen atoms in total. The molecule has 15 heavy (non-hydrogen) atoms. The minimum absolute atomic E-state index is 0.194. The maximum Gasteiger partial charge on any atom is 0.236 e. The zero-order chi connectivity index (χ0) is 11.3. The predicted molar refractivity (Wildman–Crippen MR) is 56.3 cm³/mol. The van der Waals surface area contributed by atoms with Crippen molar-refractivity contribution in [2.75, 3.05) is 7.11 Å². The number of nitrogens with zero attached hydrogens (tertiary/aromatic N) is 1. The standard InChI is InChI=1S/C10H15N3O2/c1-7(11)9(14)13-6-8-4-3-5-12-10(8)15-2/h3-5,7H,6,11H2,1-2H3,(H,13,14)/t7-/m0/s1. The smallest absolute Gasteiger partial charge is 0.236 e. The topological polar surface area (TPSA) is 77.2 Å². The van der Waals surface area contributed by atoms with Gasteiger partial charge in [-0.15, -0.1) is 0 Å². The van der Waals surface area contributed by atoms with Crippen molar-refractivity contribution in [2.24, 2.45) is 5.73 Å². The third kappa shape index (κ3) is 3.21. The van der Waals surface area contributed by atoms with E-state index in [9.17, 15) is 4.79 Å². The predicted octanol–water partition coefficient (Wildman–Crippen LogP) is 0.0536. The van der Waals surface area contributed by atoms with Crippen LogP contribution >= 0.6 is 0 Å². The Bertz CT molecular complexity index is 339. The second-order valence-electron chi connectivity index (χ2n) is 3.18. The van der Waals surface area contributed by atoms with Crippen molar-refractivity contribution < 1.29 is 9.53 Å². The number of carbonyl (C=O) groups excluding carboxylic acids is 1. The molecular formula is C10H15N3O2. The normalized spacial score (nSPS) is 11.9. The number of carbonyl (C=O) groups is 1. The molecule has 0 aliphatic rings. The van der Waals surface area contributed by atoms with E-state index < -0.39 is 6.04 Å². The molecular weight excluding hydrogens is 194 g/mol. The van der Waals surface area contributed by atoms with Gasteiger partial charge in [0.2, 0.25) is 11.8 Å². The summed E-state index contributed by atoms with van der Waals surface area (Å²) in [5.74, 6) is 0.323. The fourth-order valence-corrected chi connectivity index (χ4v) is 1.09. The maximum atomic E-state index is 11.2. The Morgan fingerprint density at radius 3 is 3.07 bits per heavy atom. The van der Waals surface area contributed by atoms with Gasteiger partial charge < -0.3 is 15.8 Å². The van der Waals surface area contributed by atoms with E-state index in [4.69, 9.17) is 10.5 Å². The highest BCUT2D eigenvalue weighted by Crippen LogP contribution is 2.12. The minimum Gasteiger partial charge on any atom is -0.481 e. The molecule has 0 aliphatic heterocycles. The van der Waals surface area contributed by atoms with Crippen molar-refractivity contribution >= 4 is 5.91 Å². The van der Waals surface area contributed by atoms with E-state index in [0.29, 0.717) is 12.4 Å². The van der Waals surface area contributed by atoms with Gasteiger partial charge in [-0.25, -0.2) is 4.98 Å². The van der Waals surface area contributed by atoms with Gasteiger partial charge in [-0.2, -0.15) is 0 Å². The van der Waals surface area contributed by atoms with Gasteiger partial charge in [0.1, 0.15) is 0 Å². The summed E-state index contributed by atoms with van der Waals surface area (Å²) in [6.45, 7) is 2.01. The summed E-state index contributed by atoms with van der Waals surface area (Å²) in [5, 5.41) is 2.69. The molecule has 1 aromatic rings. The van der Waals surface area contributed by atoms with Crippen molar-refractivity contribution in [1.82, 2.24) is 10.3 Å². The Kier molecular flexibility index (Phi) is 4.05. The minimum atomic E-state index is -0.507. The van der Waals surface area contributed by atoms with E-state index in [-0.39, 0.29) is 5.91 Å². The molecule has 1 aromatic heterocycles. The van der Waals surface area contributed by atoms with Crippen LogP contribution in [0.15, 0.2) is 18.3 Å². The van der Waals surface area contributed by atoms with Gasteiger partial charge in [-0.3, -0.25) is 4.79 Å². The Hall–Kier alpha value is -1.62. The van der Waals surface area contributed by atoms with Gasteiger partial charge >= 0.3 is 0 Å². The number of rotatable bonds is 4. The SMILES string of the molecule is COc1ncccc1CNC(=O)[C@H](C)N. The first-order chi connectivity index (χ1) is 7.15. The van der Waals surface area contributed by atoms with E-state index in [2.05, 4.69) is 10.3 Å². The molecule has 0 unspecified atom stereocenters. The van der Waals surface area contributed by atoms with Crippen molar-refractivity contribution in [3.05, 3.63) is 23.9 Å². The first-order valence-electron chi connectivity index (χ1n) is 4.66. The zero-order valence-electron chi connectivity index (χ0n) is 8.86. The number of ether oxygens (including phenoxy) is 1. The monoisotopic (exact) mass is 209 g/mol. The van der Waals surface area contributed by atoms with Crippen LogP contribution < -0.4 is 15.8 Å². The highest BCUT2D eigenvalue weighted by Gasteiger charge is 2.08. The average Bonchev–Trinajstić information content (AvgIpc) is 2.26. The molecule has 0 aliphatic carbocycles. The highest BCUT2D eigenvalue weighted by molar-refractivity contribution is 5.80. The molecule has 1 amide bonds. The van der Waals surface area contributed by atoms with Crippen LogP contribution in [0.4, 0.5) is 0 Å². The van der Waals surface area contributed by atoms with Crippen LogP contribution in [-0.4, -0.2) is 24.0 Å². The van der Waals surface area contributed by atoms with Crippen LogP contribution in [0.5, 0.6) is 5.88 Å². The second kappa shape index (κ2) is 5.31. The van der Waals surface area contributed by atoms with Crippen LogP contribution in [0.2, 0.25) is 0 Å². The number of nitrogens with one attached hydrogen (secondary N) is 1. The fraction of sp³-hybridized carbons (Fsp3) is 0.400. The lowest BCUT2D eigenvalue weighted by atomic mass is 10.2. The molecule has 82 valence electrons. The van der Waals surface area contributed by atoms with Gasteiger partial charge in [-0.05, 0) is 13.0 Å². The lowest BCUT2D eigenvalue weighted by molar-refractivity contribution is -0.122. The third-order valence-corrected chi connectivity index (χ3v) is 1.91. The molecule has 0 aromatic carbocycles. The molecule has 1 atom stereocenters. The molecule has 0 spiro atoms. The molecule has 0 bridgehead atoms. The number of nitrogens with two attached hydrogens (primary N) is 1. The second-order valence-corrected chi connectivity index (χ2v) is 3.18. The molecule has 0 fully saturated rings. The average molecular weight is 209 g/mol. The lowest BCUT2D eigenvalue weighted by Crippen LogP contribution is -2.37.